The van der Waals surface area contributed by atoms with Gasteiger partial charge in [-0.25, -0.2) is 4.79 Å². The molecule has 0 radical (unpaired) electrons. The Kier molecular flexibility index (Phi) is 3.89. The van der Waals surface area contributed by atoms with E-state index < -0.39 is 11.8 Å². The minimum absolute atomic E-state index is 0.0187. The van der Waals surface area contributed by atoms with Gasteiger partial charge in [0.15, 0.2) is 11.5 Å². The highest BCUT2D eigenvalue weighted by atomic mass is 79.9. The minimum Gasteiger partial charge on any atom is -0.493 e. The van der Waals surface area contributed by atoms with E-state index in [0.29, 0.717) is 16.0 Å². The smallest absolute Gasteiger partial charge is 0.377 e. The van der Waals surface area contributed by atoms with E-state index in [4.69, 9.17) is 14.6 Å². The number of rotatable bonds is 4. The molecular weight excluding hydrogens is 280 g/mol. The fourth-order valence-corrected chi connectivity index (χ4v) is 1.65. The molecule has 0 spiro atoms. The molecule has 0 aliphatic heterocycles. The highest BCUT2D eigenvalue weighted by Gasteiger charge is 2.20. The lowest BCUT2D eigenvalue weighted by Gasteiger charge is -2.09. The molecule has 0 aromatic heterocycles. The number of Topliss-reactive ketones (excluding diaryl/α,β-unsaturated/α-hetero) is 1. The number of aliphatic carboxylic acids is 1. The number of ketones is 1. The molecule has 5 nitrogen and oxygen atoms in total. The van der Waals surface area contributed by atoms with Crippen molar-refractivity contribution in [2.24, 2.45) is 0 Å². The first kappa shape index (κ1) is 12.5. The summed E-state index contributed by atoms with van der Waals surface area (Å²) in [6.07, 6.45) is 0. The fourth-order valence-electron chi connectivity index (χ4n) is 1.14. The molecule has 0 saturated carbocycles. The van der Waals surface area contributed by atoms with Crippen LogP contribution in [0.15, 0.2) is 16.6 Å². The summed E-state index contributed by atoms with van der Waals surface area (Å²) in [6, 6.07) is 2.80. The minimum atomic E-state index is -1.52. The molecule has 0 unspecified atom stereocenters. The number of carboxylic acids is 1. The highest BCUT2D eigenvalue weighted by Crippen LogP contribution is 2.33. The molecule has 0 heterocycles. The molecule has 86 valence electrons. The predicted octanol–water partition coefficient (Wildman–Crippen LogP) is 1.73. The molecule has 1 N–H and O–H groups in total. The van der Waals surface area contributed by atoms with Crippen LogP contribution in [0.4, 0.5) is 0 Å². The second-order valence-electron chi connectivity index (χ2n) is 2.82. The summed E-state index contributed by atoms with van der Waals surface area (Å²) in [5.74, 6) is -1.81. The molecule has 1 rings (SSSR count). The van der Waals surface area contributed by atoms with Crippen molar-refractivity contribution in [1.82, 2.24) is 0 Å². The van der Waals surface area contributed by atoms with E-state index in [0.717, 1.165) is 0 Å². The van der Waals surface area contributed by atoms with Gasteiger partial charge >= 0.3 is 5.97 Å². The standard InChI is InChI=1S/C10H9BrO5/c1-15-7-3-5(9(12)10(13)14)6(11)4-8(7)16-2/h3-4H,1-2H3,(H,13,14). The zero-order valence-electron chi connectivity index (χ0n) is 8.61. The molecule has 1 aromatic rings. The van der Waals surface area contributed by atoms with E-state index in [1.807, 2.05) is 0 Å². The van der Waals surface area contributed by atoms with E-state index in [2.05, 4.69) is 15.9 Å². The van der Waals surface area contributed by atoms with Crippen molar-refractivity contribution < 1.29 is 24.2 Å². The van der Waals surface area contributed by atoms with Gasteiger partial charge in [-0.3, -0.25) is 4.79 Å². The van der Waals surface area contributed by atoms with Crippen LogP contribution >= 0.6 is 15.9 Å². The zero-order valence-corrected chi connectivity index (χ0v) is 10.2. The number of carbonyl (C=O) groups is 2. The van der Waals surface area contributed by atoms with Crippen LogP contribution in [0.1, 0.15) is 10.4 Å². The maximum atomic E-state index is 11.3. The van der Waals surface area contributed by atoms with Gasteiger partial charge in [-0.05, 0) is 28.1 Å². The summed E-state index contributed by atoms with van der Waals surface area (Å²) < 4.78 is 10.3. The first-order valence-electron chi connectivity index (χ1n) is 4.20. The summed E-state index contributed by atoms with van der Waals surface area (Å²) in [7, 11) is 2.85. The lowest BCUT2D eigenvalue weighted by molar-refractivity contribution is -0.131. The van der Waals surface area contributed by atoms with Crippen molar-refractivity contribution in [2.75, 3.05) is 14.2 Å². The number of carbonyl (C=O) groups excluding carboxylic acids is 1. The molecular formula is C10H9BrO5. The summed E-state index contributed by atoms with van der Waals surface area (Å²) in [4.78, 5) is 21.9. The van der Waals surface area contributed by atoms with Crippen LogP contribution in [-0.2, 0) is 4.79 Å². The van der Waals surface area contributed by atoms with Gasteiger partial charge in [0.1, 0.15) is 0 Å². The van der Waals surface area contributed by atoms with Crippen molar-refractivity contribution in [3.63, 3.8) is 0 Å². The Morgan fingerprint density at radius 2 is 1.69 bits per heavy atom. The summed E-state index contributed by atoms with van der Waals surface area (Å²) >= 11 is 3.10. The molecule has 0 bridgehead atoms. The van der Waals surface area contributed by atoms with Gasteiger partial charge < -0.3 is 14.6 Å². The maximum Gasteiger partial charge on any atom is 0.377 e. The van der Waals surface area contributed by atoms with Crippen LogP contribution in [0.2, 0.25) is 0 Å². The third-order valence-electron chi connectivity index (χ3n) is 1.91. The third kappa shape index (κ3) is 2.33. The highest BCUT2D eigenvalue weighted by molar-refractivity contribution is 9.10. The lowest BCUT2D eigenvalue weighted by Crippen LogP contribution is -2.13. The van der Waals surface area contributed by atoms with Crippen molar-refractivity contribution in [1.29, 1.82) is 0 Å². The zero-order chi connectivity index (χ0) is 12.3. The first-order valence-corrected chi connectivity index (χ1v) is 4.99. The summed E-state index contributed by atoms with van der Waals surface area (Å²) in [5.41, 5.74) is 0.0187. The van der Waals surface area contributed by atoms with E-state index in [9.17, 15) is 9.59 Å². The number of hydrogen-bond acceptors (Lipinski definition) is 4. The summed E-state index contributed by atoms with van der Waals surface area (Å²) in [5, 5.41) is 8.61. The first-order chi connectivity index (χ1) is 7.51. The van der Waals surface area contributed by atoms with Crippen LogP contribution in [0.25, 0.3) is 0 Å². The van der Waals surface area contributed by atoms with E-state index >= 15 is 0 Å². The Balaban J connectivity index is 3.32. The van der Waals surface area contributed by atoms with E-state index in [1.165, 1.54) is 26.4 Å². The van der Waals surface area contributed by atoms with Crippen molar-refractivity contribution in [3.8, 4) is 11.5 Å². The predicted molar refractivity (Wildman–Crippen MR) is 59.2 cm³/mol. The van der Waals surface area contributed by atoms with Gasteiger partial charge in [0.25, 0.3) is 5.78 Å². The van der Waals surface area contributed by atoms with Crippen molar-refractivity contribution in [2.45, 2.75) is 0 Å². The number of ether oxygens (including phenoxy) is 2. The Bertz CT molecular complexity index is 441. The molecule has 0 saturated heterocycles. The topological polar surface area (TPSA) is 72.8 Å². The van der Waals surface area contributed by atoms with Crippen molar-refractivity contribution >= 4 is 27.7 Å². The van der Waals surface area contributed by atoms with Crippen LogP contribution in [0, 0.1) is 0 Å². The van der Waals surface area contributed by atoms with Gasteiger partial charge in [-0.2, -0.15) is 0 Å². The molecule has 6 heteroatoms. The van der Waals surface area contributed by atoms with Gasteiger partial charge in [0.2, 0.25) is 0 Å². The van der Waals surface area contributed by atoms with Crippen LogP contribution in [-0.4, -0.2) is 31.1 Å². The van der Waals surface area contributed by atoms with Crippen LogP contribution in [0.3, 0.4) is 0 Å². The number of hydrogen-bond donors (Lipinski definition) is 1. The fraction of sp³-hybridized carbons (Fsp3) is 0.200. The van der Waals surface area contributed by atoms with E-state index in [1.54, 1.807) is 0 Å². The Hall–Kier alpha value is -1.56. The molecule has 0 aliphatic carbocycles. The van der Waals surface area contributed by atoms with Crippen molar-refractivity contribution in [3.05, 3.63) is 22.2 Å². The molecule has 0 fully saturated rings. The average Bonchev–Trinajstić information content (AvgIpc) is 2.27. The largest absolute Gasteiger partial charge is 0.493 e. The summed E-state index contributed by atoms with van der Waals surface area (Å²) in [6.45, 7) is 0. The van der Waals surface area contributed by atoms with Crippen LogP contribution in [0.5, 0.6) is 11.5 Å². The maximum absolute atomic E-state index is 11.3. The normalized spacial score (nSPS) is 9.69. The Morgan fingerprint density at radius 3 is 2.12 bits per heavy atom. The van der Waals surface area contributed by atoms with Gasteiger partial charge in [-0.15, -0.1) is 0 Å². The monoisotopic (exact) mass is 288 g/mol. The second-order valence-corrected chi connectivity index (χ2v) is 3.68. The number of halogens is 1. The molecule has 16 heavy (non-hydrogen) atoms. The third-order valence-corrected chi connectivity index (χ3v) is 2.57. The number of benzene rings is 1. The second kappa shape index (κ2) is 4.98. The molecule has 0 aliphatic rings. The van der Waals surface area contributed by atoms with Crippen LogP contribution < -0.4 is 9.47 Å². The molecule has 0 atom stereocenters. The quantitative estimate of drug-likeness (QED) is 0.675. The molecule has 0 amide bonds. The lowest BCUT2D eigenvalue weighted by atomic mass is 10.1. The SMILES string of the molecule is COc1cc(Br)c(C(=O)C(=O)O)cc1OC. The van der Waals surface area contributed by atoms with Gasteiger partial charge in [-0.1, -0.05) is 0 Å². The van der Waals surface area contributed by atoms with E-state index in [-0.39, 0.29) is 5.56 Å². The molecule has 1 aromatic carbocycles. The Morgan fingerprint density at radius 1 is 1.19 bits per heavy atom. The van der Waals surface area contributed by atoms with Gasteiger partial charge in [0.05, 0.1) is 14.2 Å². The Labute approximate surface area is 100 Å². The average molecular weight is 289 g/mol. The number of methoxy groups -OCH3 is 2. The number of carboxylic acid groups (broad SMARTS) is 1. The van der Waals surface area contributed by atoms with Gasteiger partial charge in [0, 0.05) is 10.0 Å².